The molecular weight excluding hydrogens is 278 g/mol. The number of benzene rings is 1. The molecule has 0 aliphatic heterocycles. The number of imidazole rings is 1. The van der Waals surface area contributed by atoms with Crippen LogP contribution < -0.4 is 10.1 Å². The van der Waals surface area contributed by atoms with E-state index < -0.39 is 0 Å². The number of amides is 1. The minimum Gasteiger partial charge on any atom is -0.497 e. The third-order valence-corrected chi connectivity index (χ3v) is 3.42. The minimum atomic E-state index is -0.102. The Morgan fingerprint density at radius 3 is 2.95 bits per heavy atom. The van der Waals surface area contributed by atoms with Crippen molar-refractivity contribution >= 4 is 17.2 Å². The highest BCUT2D eigenvalue weighted by Crippen LogP contribution is 2.17. The number of pyridine rings is 1. The molecule has 5 heteroatoms. The average Bonchev–Trinajstić information content (AvgIpc) is 2.91. The summed E-state index contributed by atoms with van der Waals surface area (Å²) in [4.78, 5) is 16.6. The van der Waals surface area contributed by atoms with Gasteiger partial charge in [-0.2, -0.15) is 0 Å². The Morgan fingerprint density at radius 1 is 1.32 bits per heavy atom. The van der Waals surface area contributed by atoms with Gasteiger partial charge >= 0.3 is 0 Å². The van der Waals surface area contributed by atoms with Crippen molar-refractivity contribution in [3.8, 4) is 5.75 Å². The maximum atomic E-state index is 12.1. The molecule has 1 aromatic carbocycles. The molecule has 22 heavy (non-hydrogen) atoms. The molecule has 2 aromatic heterocycles. The summed E-state index contributed by atoms with van der Waals surface area (Å²) in [6, 6.07) is 11.2. The molecule has 0 bridgehead atoms. The van der Waals surface area contributed by atoms with E-state index in [0.717, 1.165) is 16.9 Å². The molecule has 1 amide bonds. The van der Waals surface area contributed by atoms with Crippen LogP contribution in [0.25, 0.3) is 5.65 Å². The zero-order chi connectivity index (χ0) is 15.5. The third-order valence-electron chi connectivity index (χ3n) is 3.42. The predicted octanol–water partition coefficient (Wildman–Crippen LogP) is 2.83. The molecule has 2 heterocycles. The zero-order valence-corrected chi connectivity index (χ0v) is 12.5. The van der Waals surface area contributed by atoms with Crippen LogP contribution in [0.2, 0.25) is 0 Å². The van der Waals surface area contributed by atoms with E-state index in [-0.39, 0.29) is 12.3 Å². The fourth-order valence-corrected chi connectivity index (χ4v) is 2.36. The molecule has 0 saturated carbocycles. The van der Waals surface area contributed by atoms with Crippen LogP contribution in [-0.2, 0) is 11.2 Å². The first-order valence-corrected chi connectivity index (χ1v) is 7.03. The lowest BCUT2D eigenvalue weighted by molar-refractivity contribution is -0.115. The molecule has 3 aromatic rings. The maximum Gasteiger partial charge on any atom is 0.230 e. The van der Waals surface area contributed by atoms with E-state index in [0.29, 0.717) is 11.4 Å². The molecule has 0 unspecified atom stereocenters. The highest BCUT2D eigenvalue weighted by molar-refractivity contribution is 5.92. The predicted molar refractivity (Wildman–Crippen MR) is 85.3 cm³/mol. The number of nitrogens with zero attached hydrogens (tertiary/aromatic N) is 2. The second-order valence-corrected chi connectivity index (χ2v) is 5.11. The van der Waals surface area contributed by atoms with Crippen molar-refractivity contribution in [1.82, 2.24) is 9.38 Å². The summed E-state index contributed by atoms with van der Waals surface area (Å²) in [5.41, 5.74) is 3.42. The summed E-state index contributed by atoms with van der Waals surface area (Å²) >= 11 is 0. The van der Waals surface area contributed by atoms with Crippen molar-refractivity contribution in [2.24, 2.45) is 0 Å². The quantitative estimate of drug-likeness (QED) is 0.805. The van der Waals surface area contributed by atoms with Crippen molar-refractivity contribution in [3.05, 3.63) is 60.0 Å². The summed E-state index contributed by atoms with van der Waals surface area (Å²) in [7, 11) is 1.60. The number of carbonyl (C=O) groups excluding carboxylic acids is 1. The Labute approximate surface area is 128 Å². The number of hydrogen-bond donors (Lipinski definition) is 1. The molecule has 0 fully saturated rings. The smallest absolute Gasteiger partial charge is 0.230 e. The van der Waals surface area contributed by atoms with Crippen LogP contribution in [0.4, 0.5) is 5.69 Å². The largest absolute Gasteiger partial charge is 0.497 e. The molecule has 5 nitrogen and oxygen atoms in total. The van der Waals surface area contributed by atoms with Crippen molar-refractivity contribution in [2.45, 2.75) is 13.3 Å². The van der Waals surface area contributed by atoms with Gasteiger partial charge in [0.15, 0.2) is 0 Å². The van der Waals surface area contributed by atoms with Crippen molar-refractivity contribution in [1.29, 1.82) is 0 Å². The van der Waals surface area contributed by atoms with Crippen molar-refractivity contribution in [2.75, 3.05) is 12.4 Å². The lowest BCUT2D eigenvalue weighted by Gasteiger charge is -2.05. The lowest BCUT2D eigenvalue weighted by Crippen LogP contribution is -2.14. The SMILES string of the molecule is COc1cccc(NC(=O)Cc2cn3cccc(C)c3n2)c1. The summed E-state index contributed by atoms with van der Waals surface area (Å²) in [5.74, 6) is 0.607. The Morgan fingerprint density at radius 2 is 2.18 bits per heavy atom. The lowest BCUT2D eigenvalue weighted by atomic mass is 10.2. The number of carbonyl (C=O) groups is 1. The fraction of sp³-hybridized carbons (Fsp3) is 0.176. The normalized spacial score (nSPS) is 10.6. The van der Waals surface area contributed by atoms with E-state index >= 15 is 0 Å². The van der Waals surface area contributed by atoms with Crippen LogP contribution >= 0.6 is 0 Å². The molecule has 0 radical (unpaired) electrons. The molecule has 0 saturated heterocycles. The van der Waals surface area contributed by atoms with Crippen LogP contribution in [0.15, 0.2) is 48.8 Å². The summed E-state index contributed by atoms with van der Waals surface area (Å²) in [6.45, 7) is 2.00. The highest BCUT2D eigenvalue weighted by atomic mass is 16.5. The maximum absolute atomic E-state index is 12.1. The minimum absolute atomic E-state index is 0.102. The molecule has 0 spiro atoms. The van der Waals surface area contributed by atoms with Gasteiger partial charge in [0.25, 0.3) is 0 Å². The number of hydrogen-bond acceptors (Lipinski definition) is 3. The molecule has 0 aliphatic carbocycles. The fourth-order valence-electron chi connectivity index (χ4n) is 2.36. The highest BCUT2D eigenvalue weighted by Gasteiger charge is 2.09. The second kappa shape index (κ2) is 5.89. The van der Waals surface area contributed by atoms with Gasteiger partial charge in [0.2, 0.25) is 5.91 Å². The Hall–Kier alpha value is -2.82. The summed E-state index contributed by atoms with van der Waals surface area (Å²) in [6.07, 6.45) is 4.05. The van der Waals surface area contributed by atoms with E-state index in [2.05, 4.69) is 10.3 Å². The molecule has 1 N–H and O–H groups in total. The number of aryl methyl sites for hydroxylation is 1. The topological polar surface area (TPSA) is 55.6 Å². The standard InChI is InChI=1S/C17H17N3O2/c1-12-5-4-8-20-11-14(19-17(12)20)10-16(21)18-13-6-3-7-15(9-13)22-2/h3-9,11H,10H2,1-2H3,(H,18,21). The third kappa shape index (κ3) is 2.93. The molecule has 3 rings (SSSR count). The van der Waals surface area contributed by atoms with Crippen LogP contribution in [0.5, 0.6) is 5.75 Å². The number of fused-ring (bicyclic) bond motifs is 1. The van der Waals surface area contributed by atoms with E-state index in [1.54, 1.807) is 13.2 Å². The van der Waals surface area contributed by atoms with Crippen LogP contribution in [0, 0.1) is 6.92 Å². The molecule has 0 atom stereocenters. The number of nitrogens with one attached hydrogen (secondary N) is 1. The first-order chi connectivity index (χ1) is 10.7. The number of aromatic nitrogens is 2. The van der Waals surface area contributed by atoms with Gasteiger partial charge in [0.1, 0.15) is 11.4 Å². The van der Waals surface area contributed by atoms with Crippen LogP contribution in [0.1, 0.15) is 11.3 Å². The van der Waals surface area contributed by atoms with Gasteiger partial charge in [-0.05, 0) is 30.7 Å². The Balaban J connectivity index is 1.74. The van der Waals surface area contributed by atoms with E-state index in [9.17, 15) is 4.79 Å². The van der Waals surface area contributed by atoms with Gasteiger partial charge in [0.05, 0.1) is 19.2 Å². The van der Waals surface area contributed by atoms with Gasteiger partial charge in [-0.25, -0.2) is 4.98 Å². The van der Waals surface area contributed by atoms with Gasteiger partial charge in [-0.3, -0.25) is 4.79 Å². The van der Waals surface area contributed by atoms with Gasteiger partial charge in [-0.15, -0.1) is 0 Å². The number of rotatable bonds is 4. The summed E-state index contributed by atoms with van der Waals surface area (Å²) < 4.78 is 7.07. The molecule has 0 aliphatic rings. The number of anilines is 1. The number of ether oxygens (including phenoxy) is 1. The molecule has 112 valence electrons. The van der Waals surface area contributed by atoms with Gasteiger partial charge in [0, 0.05) is 24.1 Å². The van der Waals surface area contributed by atoms with Gasteiger partial charge in [-0.1, -0.05) is 12.1 Å². The first-order valence-electron chi connectivity index (χ1n) is 7.03. The molecular formula is C17H17N3O2. The van der Waals surface area contributed by atoms with Gasteiger partial charge < -0.3 is 14.5 Å². The van der Waals surface area contributed by atoms with Crippen LogP contribution in [0.3, 0.4) is 0 Å². The summed E-state index contributed by atoms with van der Waals surface area (Å²) in [5, 5.41) is 2.86. The van der Waals surface area contributed by atoms with E-state index in [1.807, 2.05) is 54.0 Å². The van der Waals surface area contributed by atoms with Crippen LogP contribution in [-0.4, -0.2) is 22.4 Å². The van der Waals surface area contributed by atoms with E-state index in [1.165, 1.54) is 0 Å². The van der Waals surface area contributed by atoms with E-state index in [4.69, 9.17) is 4.74 Å². The monoisotopic (exact) mass is 295 g/mol. The Bertz CT molecular complexity index is 824. The second-order valence-electron chi connectivity index (χ2n) is 5.11. The number of methoxy groups -OCH3 is 1. The average molecular weight is 295 g/mol. The van der Waals surface area contributed by atoms with Crippen molar-refractivity contribution in [3.63, 3.8) is 0 Å². The Kier molecular flexibility index (Phi) is 3.78. The van der Waals surface area contributed by atoms with Crippen molar-refractivity contribution < 1.29 is 9.53 Å². The zero-order valence-electron chi connectivity index (χ0n) is 12.5. The first kappa shape index (κ1) is 14.1.